The maximum absolute atomic E-state index is 11.8. The summed E-state index contributed by atoms with van der Waals surface area (Å²) in [5.74, 6) is -0.200. The molecule has 0 saturated heterocycles. The molecule has 0 saturated carbocycles. The second kappa shape index (κ2) is 6.31. The van der Waals surface area contributed by atoms with E-state index < -0.39 is 0 Å². The number of thiophene rings is 1. The number of anilines is 1. The van der Waals surface area contributed by atoms with Gasteiger partial charge < -0.3 is 10.4 Å². The number of nitrogens with one attached hydrogen (secondary N) is 1. The SMILES string of the molecule is Cc1ccsc1C=CC(=O)Nc1ccccc1CO. The van der Waals surface area contributed by atoms with E-state index in [1.54, 1.807) is 29.5 Å². The van der Waals surface area contributed by atoms with Crippen LogP contribution in [0, 0.1) is 6.92 Å². The van der Waals surface area contributed by atoms with Crippen LogP contribution in [0.2, 0.25) is 0 Å². The number of hydrogen-bond acceptors (Lipinski definition) is 3. The highest BCUT2D eigenvalue weighted by atomic mass is 32.1. The fourth-order valence-electron chi connectivity index (χ4n) is 1.66. The van der Waals surface area contributed by atoms with Gasteiger partial charge in [0.25, 0.3) is 0 Å². The molecule has 0 fully saturated rings. The summed E-state index contributed by atoms with van der Waals surface area (Å²) in [6.45, 7) is 1.92. The minimum absolute atomic E-state index is 0.0931. The third-order valence-corrected chi connectivity index (χ3v) is 3.72. The molecule has 98 valence electrons. The highest BCUT2D eigenvalue weighted by Crippen LogP contribution is 2.18. The Morgan fingerprint density at radius 3 is 2.84 bits per heavy atom. The summed E-state index contributed by atoms with van der Waals surface area (Å²) < 4.78 is 0. The van der Waals surface area contributed by atoms with Crippen LogP contribution in [0.4, 0.5) is 5.69 Å². The van der Waals surface area contributed by atoms with Crippen molar-refractivity contribution >= 4 is 29.0 Å². The van der Waals surface area contributed by atoms with Crippen molar-refractivity contribution in [1.82, 2.24) is 0 Å². The van der Waals surface area contributed by atoms with Crippen LogP contribution in [-0.2, 0) is 11.4 Å². The highest BCUT2D eigenvalue weighted by molar-refractivity contribution is 7.11. The first kappa shape index (κ1) is 13.5. The van der Waals surface area contributed by atoms with Gasteiger partial charge in [-0.2, -0.15) is 0 Å². The van der Waals surface area contributed by atoms with Crippen LogP contribution in [0.15, 0.2) is 41.8 Å². The summed E-state index contributed by atoms with van der Waals surface area (Å²) in [6.07, 6.45) is 3.31. The molecule has 0 aliphatic heterocycles. The molecule has 3 nitrogen and oxygen atoms in total. The summed E-state index contributed by atoms with van der Waals surface area (Å²) in [4.78, 5) is 12.9. The van der Waals surface area contributed by atoms with Crippen molar-refractivity contribution in [1.29, 1.82) is 0 Å². The van der Waals surface area contributed by atoms with Crippen molar-refractivity contribution in [3.05, 3.63) is 57.8 Å². The molecule has 0 unspecified atom stereocenters. The summed E-state index contributed by atoms with van der Waals surface area (Å²) >= 11 is 1.60. The highest BCUT2D eigenvalue weighted by Gasteiger charge is 2.03. The van der Waals surface area contributed by atoms with Crippen LogP contribution < -0.4 is 5.32 Å². The largest absolute Gasteiger partial charge is 0.392 e. The fraction of sp³-hybridized carbons (Fsp3) is 0.133. The quantitative estimate of drug-likeness (QED) is 0.840. The van der Waals surface area contributed by atoms with Gasteiger partial charge in [-0.05, 0) is 36.1 Å². The minimum atomic E-state index is -0.200. The molecule has 0 bridgehead atoms. The third kappa shape index (κ3) is 3.53. The Hall–Kier alpha value is -1.91. The Bertz CT molecular complexity index is 602. The number of hydrogen-bond donors (Lipinski definition) is 2. The first-order chi connectivity index (χ1) is 9.20. The number of carbonyl (C=O) groups excluding carboxylic acids is 1. The molecule has 1 heterocycles. The van der Waals surface area contributed by atoms with Crippen LogP contribution in [0.1, 0.15) is 16.0 Å². The van der Waals surface area contributed by atoms with Gasteiger partial charge in [0.2, 0.25) is 5.91 Å². The zero-order chi connectivity index (χ0) is 13.7. The number of benzene rings is 1. The molecule has 4 heteroatoms. The van der Waals surface area contributed by atoms with Gasteiger partial charge in [-0.3, -0.25) is 4.79 Å². The van der Waals surface area contributed by atoms with Crippen molar-refractivity contribution in [2.75, 3.05) is 5.32 Å². The maximum atomic E-state index is 11.8. The Morgan fingerprint density at radius 2 is 2.16 bits per heavy atom. The molecule has 0 aliphatic carbocycles. The zero-order valence-corrected chi connectivity index (χ0v) is 11.4. The number of aryl methyl sites for hydroxylation is 1. The molecule has 0 aliphatic rings. The summed E-state index contributed by atoms with van der Waals surface area (Å²) in [7, 11) is 0. The topological polar surface area (TPSA) is 49.3 Å². The molecule has 2 rings (SSSR count). The molecule has 2 aromatic rings. The molecule has 0 atom stereocenters. The van der Waals surface area contributed by atoms with E-state index in [9.17, 15) is 9.90 Å². The lowest BCUT2D eigenvalue weighted by Crippen LogP contribution is -2.09. The van der Waals surface area contributed by atoms with E-state index in [4.69, 9.17) is 0 Å². The normalized spacial score (nSPS) is 10.8. The lowest BCUT2D eigenvalue weighted by molar-refractivity contribution is -0.111. The smallest absolute Gasteiger partial charge is 0.248 e. The van der Waals surface area contributed by atoms with Crippen molar-refractivity contribution in [2.45, 2.75) is 13.5 Å². The van der Waals surface area contributed by atoms with Gasteiger partial charge in [0.15, 0.2) is 0 Å². The van der Waals surface area contributed by atoms with Gasteiger partial charge in [-0.25, -0.2) is 0 Å². The van der Waals surface area contributed by atoms with Gasteiger partial charge in [0, 0.05) is 22.2 Å². The average molecular weight is 273 g/mol. The standard InChI is InChI=1S/C15H15NO2S/c1-11-8-9-19-14(11)6-7-15(18)16-13-5-3-2-4-12(13)10-17/h2-9,17H,10H2,1H3,(H,16,18). The average Bonchev–Trinajstić information content (AvgIpc) is 2.82. The second-order valence-electron chi connectivity index (χ2n) is 4.11. The number of para-hydroxylation sites is 1. The van der Waals surface area contributed by atoms with Crippen LogP contribution >= 0.6 is 11.3 Å². The fourth-order valence-corrected chi connectivity index (χ4v) is 2.48. The van der Waals surface area contributed by atoms with Gasteiger partial charge in [0.05, 0.1) is 6.61 Å². The predicted molar refractivity (Wildman–Crippen MR) is 79.1 cm³/mol. The molecule has 19 heavy (non-hydrogen) atoms. The summed E-state index contributed by atoms with van der Waals surface area (Å²) in [6, 6.07) is 9.22. The lowest BCUT2D eigenvalue weighted by atomic mass is 10.2. The van der Waals surface area contributed by atoms with Gasteiger partial charge >= 0.3 is 0 Å². The van der Waals surface area contributed by atoms with Crippen molar-refractivity contribution in [3.8, 4) is 0 Å². The first-order valence-electron chi connectivity index (χ1n) is 5.92. The summed E-state index contributed by atoms with van der Waals surface area (Å²) in [5.41, 5.74) is 2.50. The zero-order valence-electron chi connectivity index (χ0n) is 10.6. The lowest BCUT2D eigenvalue weighted by Gasteiger charge is -2.06. The molecule has 0 radical (unpaired) electrons. The number of carbonyl (C=O) groups is 1. The number of amides is 1. The Balaban J connectivity index is 2.06. The molecule has 1 amide bonds. The van der Waals surface area contributed by atoms with E-state index in [0.29, 0.717) is 11.3 Å². The molecule has 0 spiro atoms. The Labute approximate surface area is 116 Å². The molecular formula is C15H15NO2S. The van der Waals surface area contributed by atoms with Crippen LogP contribution in [0.5, 0.6) is 0 Å². The molecule has 2 N–H and O–H groups in total. The maximum Gasteiger partial charge on any atom is 0.248 e. The van der Waals surface area contributed by atoms with Crippen LogP contribution in [-0.4, -0.2) is 11.0 Å². The number of rotatable bonds is 4. The van der Waals surface area contributed by atoms with Gasteiger partial charge in [-0.1, -0.05) is 18.2 Å². The molecule has 1 aromatic carbocycles. The van der Waals surface area contributed by atoms with Crippen molar-refractivity contribution < 1.29 is 9.90 Å². The van der Waals surface area contributed by atoms with Crippen molar-refractivity contribution in [2.24, 2.45) is 0 Å². The first-order valence-corrected chi connectivity index (χ1v) is 6.80. The van der Waals surface area contributed by atoms with E-state index in [0.717, 1.165) is 10.4 Å². The third-order valence-electron chi connectivity index (χ3n) is 2.73. The van der Waals surface area contributed by atoms with Crippen LogP contribution in [0.25, 0.3) is 6.08 Å². The van der Waals surface area contributed by atoms with Gasteiger partial charge in [0.1, 0.15) is 0 Å². The molecular weight excluding hydrogens is 258 g/mol. The number of aliphatic hydroxyl groups is 1. The van der Waals surface area contributed by atoms with E-state index in [2.05, 4.69) is 5.32 Å². The van der Waals surface area contributed by atoms with E-state index in [-0.39, 0.29) is 12.5 Å². The number of aliphatic hydroxyl groups excluding tert-OH is 1. The monoisotopic (exact) mass is 273 g/mol. The van der Waals surface area contributed by atoms with E-state index >= 15 is 0 Å². The summed E-state index contributed by atoms with van der Waals surface area (Å²) in [5, 5.41) is 13.9. The van der Waals surface area contributed by atoms with Gasteiger partial charge in [-0.15, -0.1) is 11.3 Å². The Kier molecular flexibility index (Phi) is 4.49. The van der Waals surface area contributed by atoms with Crippen molar-refractivity contribution in [3.63, 3.8) is 0 Å². The predicted octanol–water partition coefficient (Wildman–Crippen LogP) is 3.20. The Morgan fingerprint density at radius 1 is 1.37 bits per heavy atom. The second-order valence-corrected chi connectivity index (χ2v) is 5.05. The van der Waals surface area contributed by atoms with E-state index in [1.807, 2.05) is 30.5 Å². The van der Waals surface area contributed by atoms with Crippen LogP contribution in [0.3, 0.4) is 0 Å². The van der Waals surface area contributed by atoms with E-state index in [1.165, 1.54) is 6.08 Å². The minimum Gasteiger partial charge on any atom is -0.392 e. The molecule has 1 aromatic heterocycles.